The molecule has 1 aliphatic heterocycles. The largest absolute Gasteiger partial charge is 0.468 e. The highest BCUT2D eigenvalue weighted by Gasteiger charge is 2.57. The molecule has 2 aliphatic rings. The van der Waals surface area contributed by atoms with E-state index in [1.54, 1.807) is 0 Å². The summed E-state index contributed by atoms with van der Waals surface area (Å²) in [7, 11) is 1.26. The molecule has 0 aromatic carbocycles. The molecule has 0 unspecified atom stereocenters. The zero-order valence-corrected chi connectivity index (χ0v) is 9.64. The van der Waals surface area contributed by atoms with E-state index in [2.05, 4.69) is 10.1 Å². The number of carbonyl (C=O) groups is 1. The maximum atomic E-state index is 12.7. The van der Waals surface area contributed by atoms with Crippen molar-refractivity contribution >= 4 is 5.97 Å². The van der Waals surface area contributed by atoms with Gasteiger partial charge in [0.25, 0.3) is 0 Å². The summed E-state index contributed by atoms with van der Waals surface area (Å²) in [6.45, 7) is 0.485. The van der Waals surface area contributed by atoms with Crippen molar-refractivity contribution in [3.05, 3.63) is 0 Å². The van der Waals surface area contributed by atoms with Crippen LogP contribution in [-0.4, -0.2) is 31.8 Å². The van der Waals surface area contributed by atoms with Crippen molar-refractivity contribution in [2.24, 2.45) is 11.3 Å². The van der Waals surface area contributed by atoms with Crippen molar-refractivity contribution in [2.45, 2.75) is 37.9 Å². The fourth-order valence-electron chi connectivity index (χ4n) is 3.04. The zero-order chi connectivity index (χ0) is 12.7. The maximum absolute atomic E-state index is 12.7. The highest BCUT2D eigenvalue weighted by atomic mass is 19.4. The van der Waals surface area contributed by atoms with Crippen LogP contribution in [0.1, 0.15) is 25.7 Å². The second-order valence-electron chi connectivity index (χ2n) is 5.03. The molecule has 0 bridgehead atoms. The van der Waals surface area contributed by atoms with Gasteiger partial charge < -0.3 is 10.1 Å². The van der Waals surface area contributed by atoms with Gasteiger partial charge in [0, 0.05) is 12.0 Å². The van der Waals surface area contributed by atoms with Crippen LogP contribution in [0.4, 0.5) is 13.2 Å². The quantitative estimate of drug-likeness (QED) is 0.723. The predicted octanol–water partition coefficient (Wildman–Crippen LogP) is 1.87. The van der Waals surface area contributed by atoms with Crippen molar-refractivity contribution in [2.75, 3.05) is 13.7 Å². The van der Waals surface area contributed by atoms with Gasteiger partial charge in [-0.25, -0.2) is 0 Å². The molecule has 1 saturated heterocycles. The lowest BCUT2D eigenvalue weighted by Gasteiger charge is -2.53. The van der Waals surface area contributed by atoms with Crippen LogP contribution >= 0.6 is 0 Å². The first-order valence-electron chi connectivity index (χ1n) is 5.77. The van der Waals surface area contributed by atoms with E-state index >= 15 is 0 Å². The summed E-state index contributed by atoms with van der Waals surface area (Å²) < 4.78 is 42.8. The molecule has 17 heavy (non-hydrogen) atoms. The molecule has 0 radical (unpaired) electrons. The molecule has 6 heteroatoms. The van der Waals surface area contributed by atoms with Crippen LogP contribution < -0.4 is 5.32 Å². The normalized spacial score (nSPS) is 37.6. The summed E-state index contributed by atoms with van der Waals surface area (Å²) in [5, 5.41) is 2.89. The molecule has 2 rings (SSSR count). The van der Waals surface area contributed by atoms with Gasteiger partial charge in [0.2, 0.25) is 0 Å². The second kappa shape index (κ2) is 4.15. The number of halogens is 3. The number of hydrogen-bond donors (Lipinski definition) is 1. The van der Waals surface area contributed by atoms with Gasteiger partial charge in [-0.05, 0) is 19.3 Å². The first-order chi connectivity index (χ1) is 7.89. The number of ether oxygens (including phenoxy) is 1. The smallest absolute Gasteiger partial charge is 0.391 e. The van der Waals surface area contributed by atoms with Crippen LogP contribution in [0.25, 0.3) is 0 Å². The zero-order valence-electron chi connectivity index (χ0n) is 9.64. The molecule has 1 spiro atoms. The number of alkyl halides is 3. The Labute approximate surface area is 97.7 Å². The van der Waals surface area contributed by atoms with Crippen LogP contribution in [-0.2, 0) is 9.53 Å². The lowest BCUT2D eigenvalue weighted by atomic mass is 9.61. The van der Waals surface area contributed by atoms with E-state index in [4.69, 9.17) is 0 Å². The fraction of sp³-hybridized carbons (Fsp3) is 0.909. The van der Waals surface area contributed by atoms with Crippen molar-refractivity contribution in [3.8, 4) is 0 Å². The van der Waals surface area contributed by atoms with Gasteiger partial charge in [-0.1, -0.05) is 6.42 Å². The molecule has 3 nitrogen and oxygen atoms in total. The van der Waals surface area contributed by atoms with E-state index in [1.165, 1.54) is 7.11 Å². The Morgan fingerprint density at radius 3 is 2.65 bits per heavy atom. The molecular weight excluding hydrogens is 235 g/mol. The Morgan fingerprint density at radius 2 is 2.18 bits per heavy atom. The monoisotopic (exact) mass is 251 g/mol. The van der Waals surface area contributed by atoms with E-state index in [0.717, 1.165) is 0 Å². The van der Waals surface area contributed by atoms with Gasteiger partial charge >= 0.3 is 12.1 Å². The van der Waals surface area contributed by atoms with Gasteiger partial charge in [0.05, 0.1) is 13.0 Å². The highest BCUT2D eigenvalue weighted by molar-refractivity contribution is 5.78. The van der Waals surface area contributed by atoms with E-state index in [-0.39, 0.29) is 12.8 Å². The Morgan fingerprint density at radius 1 is 1.47 bits per heavy atom. The van der Waals surface area contributed by atoms with E-state index < -0.39 is 29.5 Å². The van der Waals surface area contributed by atoms with Gasteiger partial charge in [0.1, 0.15) is 6.04 Å². The average molecular weight is 251 g/mol. The molecule has 1 aliphatic carbocycles. The Balaban J connectivity index is 2.09. The molecule has 2 fully saturated rings. The minimum absolute atomic E-state index is 0.0449. The lowest BCUT2D eigenvalue weighted by Crippen LogP contribution is -2.67. The van der Waals surface area contributed by atoms with E-state index in [0.29, 0.717) is 19.4 Å². The van der Waals surface area contributed by atoms with Gasteiger partial charge in [-0.2, -0.15) is 13.2 Å². The first-order valence-corrected chi connectivity index (χ1v) is 5.77. The minimum atomic E-state index is -4.15. The molecule has 0 amide bonds. The third-order valence-corrected chi connectivity index (χ3v) is 4.05. The van der Waals surface area contributed by atoms with Crippen molar-refractivity contribution in [1.29, 1.82) is 0 Å². The summed E-state index contributed by atoms with van der Waals surface area (Å²) in [6.07, 6.45) is -2.72. The summed E-state index contributed by atoms with van der Waals surface area (Å²) in [5.41, 5.74) is -0.536. The number of esters is 1. The maximum Gasteiger partial charge on any atom is 0.391 e. The van der Waals surface area contributed by atoms with Gasteiger partial charge in [0.15, 0.2) is 0 Å². The Bertz CT molecular complexity index is 318. The van der Waals surface area contributed by atoms with Crippen molar-refractivity contribution in [1.82, 2.24) is 5.32 Å². The van der Waals surface area contributed by atoms with Crippen LogP contribution in [0.2, 0.25) is 0 Å². The van der Waals surface area contributed by atoms with Crippen molar-refractivity contribution in [3.63, 3.8) is 0 Å². The minimum Gasteiger partial charge on any atom is -0.468 e. The Kier molecular flexibility index (Phi) is 3.10. The molecule has 0 aromatic rings. The molecule has 98 valence electrons. The van der Waals surface area contributed by atoms with Gasteiger partial charge in [-0.15, -0.1) is 0 Å². The molecule has 0 aromatic heterocycles. The summed E-state index contributed by atoms with van der Waals surface area (Å²) >= 11 is 0. The third-order valence-electron chi connectivity index (χ3n) is 4.05. The summed E-state index contributed by atoms with van der Waals surface area (Å²) in [5.74, 6) is -1.72. The van der Waals surface area contributed by atoms with Crippen LogP contribution in [0.15, 0.2) is 0 Å². The van der Waals surface area contributed by atoms with Crippen LogP contribution in [0.5, 0.6) is 0 Å². The van der Waals surface area contributed by atoms with Crippen LogP contribution in [0.3, 0.4) is 0 Å². The molecule has 1 heterocycles. The molecular formula is C11H16F3NO2. The third kappa shape index (κ3) is 2.14. The molecule has 1 saturated carbocycles. The molecule has 1 N–H and O–H groups in total. The number of carbonyl (C=O) groups excluding carboxylic acids is 1. The second-order valence-corrected chi connectivity index (χ2v) is 5.03. The van der Waals surface area contributed by atoms with Crippen molar-refractivity contribution < 1.29 is 22.7 Å². The number of rotatable bonds is 1. The van der Waals surface area contributed by atoms with Gasteiger partial charge in [-0.3, -0.25) is 4.79 Å². The lowest BCUT2D eigenvalue weighted by molar-refractivity contribution is -0.202. The Hall–Kier alpha value is -0.780. The highest BCUT2D eigenvalue weighted by Crippen LogP contribution is 2.50. The van der Waals surface area contributed by atoms with Crippen LogP contribution in [0, 0.1) is 11.3 Å². The average Bonchev–Trinajstić information content (AvgIpc) is 2.26. The topological polar surface area (TPSA) is 38.3 Å². The van der Waals surface area contributed by atoms with E-state index in [1.807, 2.05) is 0 Å². The standard InChI is InChI=1S/C11H16F3NO2/c1-17-9(16)8-10(6-15-8)4-2-3-7(5-10)11(12,13)14/h7-8,15H,2-6H2,1H3/t7-,8-,10-/m0/s1. The molecule has 3 atom stereocenters. The summed E-state index contributed by atoms with van der Waals surface area (Å²) in [4.78, 5) is 11.5. The SMILES string of the molecule is COC(=O)[C@@H]1NC[C@@]12CCC[C@H](C(F)(F)F)C2. The number of hydrogen-bond acceptors (Lipinski definition) is 3. The van der Waals surface area contributed by atoms with E-state index in [9.17, 15) is 18.0 Å². The first kappa shape index (κ1) is 12.7. The number of methoxy groups -OCH3 is 1. The number of nitrogens with one attached hydrogen (secondary N) is 1. The predicted molar refractivity (Wildman–Crippen MR) is 54.3 cm³/mol. The fourth-order valence-corrected chi connectivity index (χ4v) is 3.04. The summed E-state index contributed by atoms with van der Waals surface area (Å²) in [6, 6.07) is -0.558.